The van der Waals surface area contributed by atoms with Gasteiger partial charge in [-0.2, -0.15) is 0 Å². The third-order valence-electron chi connectivity index (χ3n) is 7.97. The van der Waals surface area contributed by atoms with E-state index in [0.29, 0.717) is 25.4 Å². The molecule has 0 N–H and O–H groups in total. The van der Waals surface area contributed by atoms with E-state index in [-0.39, 0.29) is 0 Å². The second kappa shape index (κ2) is 23.9. The van der Waals surface area contributed by atoms with Gasteiger partial charge in [0.25, 0.3) is 0 Å². The Hall–Kier alpha value is -2.36. The normalized spacial score (nSPS) is 13.2. The lowest BCUT2D eigenvalue weighted by molar-refractivity contribution is 0.0247. The maximum Gasteiger partial charge on any atom is 0.127 e. The molecule has 0 aliphatic heterocycles. The van der Waals surface area contributed by atoms with Crippen LogP contribution in [-0.2, 0) is 16.1 Å². The van der Waals surface area contributed by atoms with E-state index in [1.54, 1.807) is 0 Å². The highest BCUT2D eigenvalue weighted by Crippen LogP contribution is 2.27. The van der Waals surface area contributed by atoms with Crippen molar-refractivity contribution < 1.29 is 14.2 Å². The third kappa shape index (κ3) is 17.2. The molecule has 0 amide bonds. The van der Waals surface area contributed by atoms with Gasteiger partial charge in [0.2, 0.25) is 0 Å². The monoisotopic (exact) mass is 607 g/mol. The zero-order valence-corrected chi connectivity index (χ0v) is 30.0. The van der Waals surface area contributed by atoms with Crippen LogP contribution in [0.25, 0.3) is 10.8 Å². The molecule has 0 spiro atoms. The van der Waals surface area contributed by atoms with Crippen molar-refractivity contribution in [2.24, 2.45) is 23.7 Å². The zero-order valence-electron chi connectivity index (χ0n) is 30.0. The molecule has 3 unspecified atom stereocenters. The molecule has 0 fully saturated rings. The van der Waals surface area contributed by atoms with Crippen molar-refractivity contribution in [1.29, 1.82) is 0 Å². The van der Waals surface area contributed by atoms with E-state index >= 15 is 0 Å². The lowest BCUT2D eigenvalue weighted by atomic mass is 9.82. The zero-order chi connectivity index (χ0) is 32.7. The predicted molar refractivity (Wildman–Crippen MR) is 193 cm³/mol. The molecule has 44 heavy (non-hydrogen) atoms. The summed E-state index contributed by atoms with van der Waals surface area (Å²) in [5.41, 5.74) is 1.26. The first-order chi connectivity index (χ1) is 21.1. The van der Waals surface area contributed by atoms with Crippen LogP contribution in [0.1, 0.15) is 113 Å². The molecule has 248 valence electrons. The van der Waals surface area contributed by atoms with Crippen LogP contribution in [0.4, 0.5) is 0 Å². The fourth-order valence-electron chi connectivity index (χ4n) is 5.61. The number of benzene rings is 3. The highest BCUT2D eigenvalue weighted by molar-refractivity contribution is 5.88. The molecule has 0 saturated carbocycles. The summed E-state index contributed by atoms with van der Waals surface area (Å²) in [7, 11) is 0. The number of rotatable bonds is 17. The highest BCUT2D eigenvalue weighted by Gasteiger charge is 2.20. The summed E-state index contributed by atoms with van der Waals surface area (Å²) in [6, 6.07) is 24.9. The lowest BCUT2D eigenvalue weighted by Crippen LogP contribution is -2.22. The van der Waals surface area contributed by atoms with Crippen LogP contribution in [0, 0.1) is 23.7 Å². The van der Waals surface area contributed by atoms with Crippen molar-refractivity contribution in [3.63, 3.8) is 0 Å². The Morgan fingerprint density at radius 1 is 0.614 bits per heavy atom. The summed E-state index contributed by atoms with van der Waals surface area (Å²) in [6.07, 6.45) is 8.07. The van der Waals surface area contributed by atoms with Gasteiger partial charge in [0.15, 0.2) is 0 Å². The summed E-state index contributed by atoms with van der Waals surface area (Å²) in [5, 5.41) is 2.38. The first-order valence-electron chi connectivity index (χ1n) is 17.5. The first kappa shape index (κ1) is 39.7. The minimum atomic E-state index is 0.304. The second-order valence-electron chi connectivity index (χ2n) is 13.2. The Bertz CT molecular complexity index is 1060. The van der Waals surface area contributed by atoms with Crippen LogP contribution in [0.2, 0.25) is 0 Å². The maximum absolute atomic E-state index is 5.96. The van der Waals surface area contributed by atoms with Gasteiger partial charge in [-0.15, -0.1) is 0 Å². The number of fused-ring (bicyclic) bond motifs is 1. The van der Waals surface area contributed by atoms with E-state index in [9.17, 15) is 0 Å². The fraction of sp³-hybridized carbons (Fsp3) is 0.610. The van der Waals surface area contributed by atoms with E-state index in [0.717, 1.165) is 54.3 Å². The topological polar surface area (TPSA) is 27.7 Å². The quantitative estimate of drug-likeness (QED) is 0.143. The number of ether oxygens (including phenoxy) is 3. The van der Waals surface area contributed by atoms with Crippen molar-refractivity contribution in [2.75, 3.05) is 13.2 Å². The Morgan fingerprint density at radius 2 is 1.20 bits per heavy atom. The van der Waals surface area contributed by atoms with Crippen molar-refractivity contribution in [1.82, 2.24) is 0 Å². The lowest BCUT2D eigenvalue weighted by Gasteiger charge is -2.27. The molecule has 0 radical (unpaired) electrons. The van der Waals surface area contributed by atoms with Crippen LogP contribution >= 0.6 is 0 Å². The Balaban J connectivity index is 0.000000414. The standard InChI is InChI=1S/C21H30O2.C17H28O.C3H8/c1-4-5-9-17(2)16-18(3)22-14-15-23-21-13-8-11-19-10-6-7-12-20(19)21;1-13(2)17(14(3)4)11-15(5)18-12-16-9-7-6-8-10-16;1-3-2/h6-8,10-13,17-18H,4-5,9,14-16H2,1-3H3;6-10,13-15,17H,11-12H2,1-5H3;3H2,1-2H3. The minimum absolute atomic E-state index is 0.304. The van der Waals surface area contributed by atoms with E-state index in [1.165, 1.54) is 36.6 Å². The molecule has 3 rings (SSSR count). The van der Waals surface area contributed by atoms with Gasteiger partial charge in [0, 0.05) is 5.39 Å². The summed E-state index contributed by atoms with van der Waals surface area (Å²) in [5.74, 6) is 3.89. The minimum Gasteiger partial charge on any atom is -0.491 e. The molecule has 3 aromatic carbocycles. The molecule has 0 saturated heterocycles. The van der Waals surface area contributed by atoms with Gasteiger partial charge >= 0.3 is 0 Å². The van der Waals surface area contributed by atoms with E-state index in [1.807, 2.05) is 24.3 Å². The summed E-state index contributed by atoms with van der Waals surface area (Å²) < 4.78 is 17.8. The van der Waals surface area contributed by atoms with Gasteiger partial charge in [0.1, 0.15) is 12.4 Å². The molecule has 0 aliphatic rings. The Kier molecular flexibility index (Phi) is 21.6. The van der Waals surface area contributed by atoms with Crippen LogP contribution in [0.3, 0.4) is 0 Å². The van der Waals surface area contributed by atoms with E-state index in [4.69, 9.17) is 14.2 Å². The molecule has 3 aromatic rings. The molecule has 0 aliphatic carbocycles. The van der Waals surface area contributed by atoms with Gasteiger partial charge in [-0.3, -0.25) is 0 Å². The van der Waals surface area contributed by atoms with Gasteiger partial charge in [-0.1, -0.05) is 148 Å². The molecule has 0 heterocycles. The summed E-state index contributed by atoms with van der Waals surface area (Å²) >= 11 is 0. The van der Waals surface area contributed by atoms with Gasteiger partial charge in [0.05, 0.1) is 25.4 Å². The van der Waals surface area contributed by atoms with Crippen LogP contribution in [0.5, 0.6) is 5.75 Å². The molecule has 0 bridgehead atoms. The smallest absolute Gasteiger partial charge is 0.127 e. The Labute approximate surface area is 272 Å². The van der Waals surface area contributed by atoms with E-state index < -0.39 is 0 Å². The van der Waals surface area contributed by atoms with Crippen molar-refractivity contribution >= 4 is 10.8 Å². The van der Waals surface area contributed by atoms with Crippen LogP contribution < -0.4 is 4.74 Å². The third-order valence-corrected chi connectivity index (χ3v) is 7.97. The predicted octanol–water partition coefficient (Wildman–Crippen LogP) is 12.2. The van der Waals surface area contributed by atoms with Crippen LogP contribution in [-0.4, -0.2) is 25.4 Å². The molecule has 0 aromatic heterocycles. The van der Waals surface area contributed by atoms with Crippen molar-refractivity contribution in [2.45, 2.75) is 127 Å². The first-order valence-corrected chi connectivity index (χ1v) is 17.5. The molecule has 3 heteroatoms. The molecule has 3 nitrogen and oxygen atoms in total. The number of unbranched alkanes of at least 4 members (excludes halogenated alkanes) is 1. The van der Waals surface area contributed by atoms with Gasteiger partial charge < -0.3 is 14.2 Å². The summed E-state index contributed by atoms with van der Waals surface area (Å²) in [6.45, 7) is 24.4. The number of hydrogen-bond donors (Lipinski definition) is 0. The Morgan fingerprint density at radius 3 is 1.84 bits per heavy atom. The molecule has 3 atom stereocenters. The van der Waals surface area contributed by atoms with Gasteiger partial charge in [-0.05, 0) is 67.4 Å². The molecular formula is C41H66O3. The second-order valence-corrected chi connectivity index (χ2v) is 13.2. The van der Waals surface area contributed by atoms with E-state index in [2.05, 4.69) is 118 Å². The molecular weight excluding hydrogens is 540 g/mol. The fourth-order valence-corrected chi connectivity index (χ4v) is 5.61. The highest BCUT2D eigenvalue weighted by atomic mass is 16.5. The van der Waals surface area contributed by atoms with Gasteiger partial charge in [-0.25, -0.2) is 0 Å². The summed E-state index contributed by atoms with van der Waals surface area (Å²) in [4.78, 5) is 0. The van der Waals surface area contributed by atoms with Crippen LogP contribution in [0.15, 0.2) is 72.8 Å². The number of hydrogen-bond acceptors (Lipinski definition) is 3. The van der Waals surface area contributed by atoms with Crippen molar-refractivity contribution in [3.8, 4) is 5.75 Å². The maximum atomic E-state index is 5.96. The average molecular weight is 607 g/mol. The SMILES string of the molecule is CC(CC(C(C)C)C(C)C)OCc1ccccc1.CCC.CCCCC(C)CC(C)OCCOc1cccc2ccccc12. The largest absolute Gasteiger partial charge is 0.491 e. The average Bonchev–Trinajstić information content (AvgIpc) is 3.01. The van der Waals surface area contributed by atoms with Crippen molar-refractivity contribution in [3.05, 3.63) is 78.4 Å².